The zero-order valence-corrected chi connectivity index (χ0v) is 15.9. The highest BCUT2D eigenvalue weighted by atomic mass is 19.1. The van der Waals surface area contributed by atoms with E-state index in [1.807, 2.05) is 6.07 Å². The quantitative estimate of drug-likeness (QED) is 0.781. The monoisotopic (exact) mass is 398 g/mol. The molecule has 1 fully saturated rings. The molecule has 2 aromatic rings. The number of aryl methyl sites for hydroxylation is 1. The maximum Gasteiger partial charge on any atom is 0.303 e. The number of piperidine rings is 1. The molecular formula is C22H23FN2O4. The minimum Gasteiger partial charge on any atom is -0.481 e. The molecule has 2 amide bonds. The molecular weight excluding hydrogens is 375 g/mol. The lowest BCUT2D eigenvalue weighted by Gasteiger charge is -2.32. The van der Waals surface area contributed by atoms with Crippen LogP contribution in [0.5, 0.6) is 0 Å². The molecule has 1 unspecified atom stereocenters. The van der Waals surface area contributed by atoms with E-state index in [2.05, 4.69) is 5.32 Å². The van der Waals surface area contributed by atoms with Crippen LogP contribution < -0.4 is 5.32 Å². The molecule has 0 aliphatic carbocycles. The van der Waals surface area contributed by atoms with Crippen molar-refractivity contribution in [3.8, 4) is 0 Å². The van der Waals surface area contributed by atoms with Crippen LogP contribution in [-0.2, 0) is 16.0 Å². The maximum absolute atomic E-state index is 13.1. The number of benzene rings is 2. The number of carboxylic acid groups (broad SMARTS) is 1. The Morgan fingerprint density at radius 2 is 1.90 bits per heavy atom. The Hall–Kier alpha value is -3.22. The van der Waals surface area contributed by atoms with Gasteiger partial charge >= 0.3 is 5.97 Å². The van der Waals surface area contributed by atoms with Gasteiger partial charge in [0.05, 0.1) is 5.92 Å². The minimum atomic E-state index is -0.868. The second kappa shape index (κ2) is 9.32. The van der Waals surface area contributed by atoms with Crippen molar-refractivity contribution in [1.82, 2.24) is 4.90 Å². The molecule has 0 radical (unpaired) electrons. The van der Waals surface area contributed by atoms with E-state index in [-0.39, 0.29) is 24.2 Å². The van der Waals surface area contributed by atoms with Gasteiger partial charge in [0.15, 0.2) is 0 Å². The summed E-state index contributed by atoms with van der Waals surface area (Å²) >= 11 is 0. The molecule has 1 heterocycles. The second-order valence-corrected chi connectivity index (χ2v) is 7.18. The van der Waals surface area contributed by atoms with E-state index in [9.17, 15) is 18.8 Å². The highest BCUT2D eigenvalue weighted by Gasteiger charge is 2.29. The zero-order valence-electron chi connectivity index (χ0n) is 15.9. The molecule has 2 N–H and O–H groups in total. The van der Waals surface area contributed by atoms with Gasteiger partial charge in [0, 0.05) is 30.8 Å². The third-order valence-electron chi connectivity index (χ3n) is 4.99. The lowest BCUT2D eigenvalue weighted by molar-refractivity contribution is -0.137. The fourth-order valence-electron chi connectivity index (χ4n) is 3.45. The van der Waals surface area contributed by atoms with Crippen molar-refractivity contribution in [1.29, 1.82) is 0 Å². The Bertz CT molecular complexity index is 898. The Morgan fingerprint density at radius 3 is 2.62 bits per heavy atom. The summed E-state index contributed by atoms with van der Waals surface area (Å²) in [4.78, 5) is 37.7. The van der Waals surface area contributed by atoms with Crippen molar-refractivity contribution in [2.24, 2.45) is 5.92 Å². The number of nitrogens with one attached hydrogen (secondary N) is 1. The van der Waals surface area contributed by atoms with Crippen LogP contribution in [0.1, 0.15) is 35.2 Å². The predicted octanol–water partition coefficient (Wildman–Crippen LogP) is 3.33. The number of halogens is 1. The SMILES string of the molecule is O=C(O)CCc1cccc(NC(=O)C2CCCN(C(=O)c3ccc(F)cc3)C2)c1. The number of anilines is 1. The van der Waals surface area contributed by atoms with Crippen molar-refractivity contribution >= 4 is 23.5 Å². The number of carbonyl (C=O) groups is 3. The molecule has 1 atom stereocenters. The second-order valence-electron chi connectivity index (χ2n) is 7.18. The van der Waals surface area contributed by atoms with Crippen molar-refractivity contribution in [2.75, 3.05) is 18.4 Å². The molecule has 29 heavy (non-hydrogen) atoms. The van der Waals surface area contributed by atoms with E-state index in [4.69, 9.17) is 5.11 Å². The van der Waals surface area contributed by atoms with Gasteiger partial charge in [-0.25, -0.2) is 4.39 Å². The van der Waals surface area contributed by atoms with Gasteiger partial charge in [-0.1, -0.05) is 12.1 Å². The number of hydrogen-bond acceptors (Lipinski definition) is 3. The first-order valence-corrected chi connectivity index (χ1v) is 9.59. The van der Waals surface area contributed by atoms with Crippen LogP contribution in [-0.4, -0.2) is 40.9 Å². The van der Waals surface area contributed by atoms with E-state index in [0.29, 0.717) is 43.6 Å². The normalized spacial score (nSPS) is 16.3. The number of carbonyl (C=O) groups excluding carboxylic acids is 2. The first-order valence-electron chi connectivity index (χ1n) is 9.59. The first kappa shape index (κ1) is 20.5. The van der Waals surface area contributed by atoms with Gasteiger partial charge in [0.2, 0.25) is 5.91 Å². The van der Waals surface area contributed by atoms with Crippen molar-refractivity contribution in [3.05, 3.63) is 65.5 Å². The van der Waals surface area contributed by atoms with Gasteiger partial charge in [-0.2, -0.15) is 0 Å². The fourth-order valence-corrected chi connectivity index (χ4v) is 3.45. The third-order valence-corrected chi connectivity index (χ3v) is 4.99. The Morgan fingerprint density at radius 1 is 1.14 bits per heavy atom. The molecule has 0 spiro atoms. The summed E-state index contributed by atoms with van der Waals surface area (Å²) in [7, 11) is 0. The van der Waals surface area contributed by atoms with Gasteiger partial charge < -0.3 is 15.3 Å². The zero-order chi connectivity index (χ0) is 20.8. The van der Waals surface area contributed by atoms with E-state index >= 15 is 0 Å². The van der Waals surface area contributed by atoms with Gasteiger partial charge in [-0.05, 0) is 61.2 Å². The van der Waals surface area contributed by atoms with Crippen LogP contribution in [0, 0.1) is 11.7 Å². The summed E-state index contributed by atoms with van der Waals surface area (Å²) in [5, 5.41) is 11.7. The summed E-state index contributed by atoms with van der Waals surface area (Å²) in [5.41, 5.74) is 1.85. The van der Waals surface area contributed by atoms with Gasteiger partial charge in [-0.3, -0.25) is 14.4 Å². The molecule has 0 aromatic heterocycles. The van der Waals surface area contributed by atoms with Crippen molar-refractivity contribution < 1.29 is 23.9 Å². The number of aliphatic carboxylic acids is 1. The molecule has 6 nitrogen and oxygen atoms in total. The topological polar surface area (TPSA) is 86.7 Å². The summed E-state index contributed by atoms with van der Waals surface area (Å²) in [6.45, 7) is 0.866. The highest BCUT2D eigenvalue weighted by Crippen LogP contribution is 2.21. The smallest absolute Gasteiger partial charge is 0.303 e. The van der Waals surface area contributed by atoms with E-state index in [1.54, 1.807) is 23.1 Å². The number of amides is 2. The summed E-state index contributed by atoms with van der Waals surface area (Å²) in [5.74, 6) is -1.98. The maximum atomic E-state index is 13.1. The number of likely N-dealkylation sites (tertiary alicyclic amines) is 1. The number of nitrogens with zero attached hydrogens (tertiary/aromatic N) is 1. The number of hydrogen-bond donors (Lipinski definition) is 2. The van der Waals surface area contributed by atoms with Crippen LogP contribution in [0.2, 0.25) is 0 Å². The van der Waals surface area contributed by atoms with Crippen LogP contribution in [0.3, 0.4) is 0 Å². The molecule has 152 valence electrons. The molecule has 3 rings (SSSR count). The van der Waals surface area contributed by atoms with Crippen LogP contribution in [0.25, 0.3) is 0 Å². The van der Waals surface area contributed by atoms with E-state index in [1.165, 1.54) is 24.3 Å². The average Bonchev–Trinajstić information content (AvgIpc) is 2.72. The first-order chi connectivity index (χ1) is 13.9. The molecule has 2 aromatic carbocycles. The summed E-state index contributed by atoms with van der Waals surface area (Å²) in [6, 6.07) is 12.5. The Balaban J connectivity index is 1.61. The largest absolute Gasteiger partial charge is 0.481 e. The highest BCUT2D eigenvalue weighted by molar-refractivity contribution is 5.96. The Kier molecular flexibility index (Phi) is 6.59. The minimum absolute atomic E-state index is 0.0283. The Labute approximate surface area is 168 Å². The number of carboxylic acids is 1. The molecule has 7 heteroatoms. The standard InChI is InChI=1S/C22H23FN2O4/c23-18-9-7-16(8-10-18)22(29)25-12-2-4-17(14-25)21(28)24-19-5-1-3-15(13-19)6-11-20(26)27/h1,3,5,7-10,13,17H,2,4,6,11-12,14H2,(H,24,28)(H,26,27). The molecule has 1 saturated heterocycles. The lowest BCUT2D eigenvalue weighted by Crippen LogP contribution is -2.43. The molecule has 0 saturated carbocycles. The average molecular weight is 398 g/mol. The van der Waals surface area contributed by atoms with Crippen LogP contribution in [0.4, 0.5) is 10.1 Å². The van der Waals surface area contributed by atoms with Crippen molar-refractivity contribution in [2.45, 2.75) is 25.7 Å². The van der Waals surface area contributed by atoms with E-state index < -0.39 is 11.8 Å². The molecule has 1 aliphatic heterocycles. The van der Waals surface area contributed by atoms with Crippen molar-refractivity contribution in [3.63, 3.8) is 0 Å². The van der Waals surface area contributed by atoms with Crippen LogP contribution >= 0.6 is 0 Å². The molecule has 0 bridgehead atoms. The third kappa shape index (κ3) is 5.63. The van der Waals surface area contributed by atoms with Crippen LogP contribution in [0.15, 0.2) is 48.5 Å². The lowest BCUT2D eigenvalue weighted by atomic mass is 9.96. The molecule has 1 aliphatic rings. The fraction of sp³-hybridized carbons (Fsp3) is 0.318. The summed E-state index contributed by atoms with van der Waals surface area (Å²) < 4.78 is 13.1. The van der Waals surface area contributed by atoms with Gasteiger partial charge in [-0.15, -0.1) is 0 Å². The van der Waals surface area contributed by atoms with E-state index in [0.717, 1.165) is 5.56 Å². The van der Waals surface area contributed by atoms with Gasteiger partial charge in [0.25, 0.3) is 5.91 Å². The van der Waals surface area contributed by atoms with Gasteiger partial charge in [0.1, 0.15) is 5.82 Å². The summed E-state index contributed by atoms with van der Waals surface area (Å²) in [6.07, 6.45) is 1.81. The number of rotatable bonds is 6. The predicted molar refractivity (Wildman–Crippen MR) is 106 cm³/mol.